The van der Waals surface area contributed by atoms with Crippen molar-refractivity contribution in [3.05, 3.63) is 59.4 Å². The van der Waals surface area contributed by atoms with E-state index in [9.17, 15) is 36.7 Å². The number of likely N-dealkylation sites (N-methyl/N-ethyl adjacent to an activating group) is 1. The van der Waals surface area contributed by atoms with Crippen molar-refractivity contribution in [1.82, 2.24) is 15.1 Å². The van der Waals surface area contributed by atoms with Gasteiger partial charge in [0.15, 0.2) is 0 Å². The normalized spacial score (nSPS) is 17.8. The minimum Gasteiger partial charge on any atom is -0.406 e. The van der Waals surface area contributed by atoms with E-state index in [0.717, 1.165) is 17.0 Å². The molecule has 220 valence electrons. The van der Waals surface area contributed by atoms with Gasteiger partial charge in [0.2, 0.25) is 5.91 Å². The number of amides is 5. The second-order valence-corrected chi connectivity index (χ2v) is 10.6. The van der Waals surface area contributed by atoms with E-state index in [-0.39, 0.29) is 43.1 Å². The topological polar surface area (TPSA) is 99.3 Å². The molecule has 2 aliphatic heterocycles. The van der Waals surface area contributed by atoms with Gasteiger partial charge in [-0.1, -0.05) is 25.5 Å². The monoisotopic (exact) mass is 578 g/mol. The molecule has 2 fully saturated rings. The highest BCUT2D eigenvalue weighted by atomic mass is 19.4. The van der Waals surface area contributed by atoms with Crippen LogP contribution < -0.4 is 15.0 Å². The van der Waals surface area contributed by atoms with Crippen LogP contribution in [0.2, 0.25) is 0 Å². The van der Waals surface area contributed by atoms with Crippen LogP contribution in [-0.4, -0.2) is 71.6 Å². The maximum Gasteiger partial charge on any atom is 0.573 e. The van der Waals surface area contributed by atoms with Gasteiger partial charge in [-0.15, -0.1) is 13.2 Å². The van der Waals surface area contributed by atoms with Crippen molar-refractivity contribution in [2.24, 2.45) is 5.92 Å². The van der Waals surface area contributed by atoms with E-state index in [4.69, 9.17) is 0 Å². The van der Waals surface area contributed by atoms with Crippen LogP contribution in [0.4, 0.5) is 28.0 Å². The molecule has 5 amide bonds. The standard InChI is InChI=1S/C28H30F4N4O5/c1-16(2)22(33-23(37)20-15-17(3)5-10-21(20)29)24(38)35-13-11-27(12-14-35)25(39)34(4)26(40)36(27)18-6-8-19(9-7-18)41-28(30,31)32/h5-10,15-16,22H,11-14H2,1-4H3,(H,33,37)/t22-/m1/s1. The average Bonchev–Trinajstić information content (AvgIpc) is 3.08. The molecule has 2 saturated heterocycles. The van der Waals surface area contributed by atoms with Gasteiger partial charge in [-0.25, -0.2) is 9.18 Å². The Morgan fingerprint density at radius 3 is 2.20 bits per heavy atom. The first-order valence-electron chi connectivity index (χ1n) is 13.0. The molecule has 1 atom stereocenters. The third-order valence-corrected chi connectivity index (χ3v) is 7.43. The number of halogens is 4. The first-order chi connectivity index (χ1) is 19.1. The number of carbonyl (C=O) groups is 4. The summed E-state index contributed by atoms with van der Waals surface area (Å²) < 4.78 is 55.9. The number of anilines is 1. The summed E-state index contributed by atoms with van der Waals surface area (Å²) in [5.41, 5.74) is -0.648. The highest BCUT2D eigenvalue weighted by Crippen LogP contribution is 2.41. The van der Waals surface area contributed by atoms with Crippen LogP contribution >= 0.6 is 0 Å². The lowest BCUT2D eigenvalue weighted by Crippen LogP contribution is -2.60. The highest BCUT2D eigenvalue weighted by Gasteiger charge is 2.58. The van der Waals surface area contributed by atoms with E-state index in [1.54, 1.807) is 20.8 Å². The maximum atomic E-state index is 14.3. The van der Waals surface area contributed by atoms with Crippen molar-refractivity contribution in [1.29, 1.82) is 0 Å². The zero-order valence-electron chi connectivity index (χ0n) is 22.9. The van der Waals surface area contributed by atoms with E-state index >= 15 is 0 Å². The second kappa shape index (κ2) is 11.0. The quantitative estimate of drug-likeness (QED) is 0.408. The summed E-state index contributed by atoms with van der Waals surface area (Å²) in [5.74, 6) is -3.17. The molecule has 0 aromatic heterocycles. The van der Waals surface area contributed by atoms with E-state index in [1.807, 2.05) is 0 Å². The second-order valence-electron chi connectivity index (χ2n) is 10.6. The minimum absolute atomic E-state index is 0.0553. The zero-order chi connectivity index (χ0) is 30.3. The fourth-order valence-corrected chi connectivity index (χ4v) is 5.26. The predicted octanol–water partition coefficient (Wildman–Crippen LogP) is 4.25. The Hall–Kier alpha value is -4.16. The molecule has 2 aromatic carbocycles. The number of piperidine rings is 1. The fourth-order valence-electron chi connectivity index (χ4n) is 5.26. The van der Waals surface area contributed by atoms with Crippen molar-refractivity contribution in [3.63, 3.8) is 0 Å². The maximum absolute atomic E-state index is 14.3. The van der Waals surface area contributed by atoms with Crippen LogP contribution in [0.3, 0.4) is 0 Å². The lowest BCUT2D eigenvalue weighted by Gasteiger charge is -2.43. The molecule has 2 aromatic rings. The Kier molecular flexibility index (Phi) is 8.01. The van der Waals surface area contributed by atoms with Gasteiger partial charge in [0.1, 0.15) is 23.1 Å². The Labute approximate surface area is 234 Å². The molecule has 0 bridgehead atoms. The van der Waals surface area contributed by atoms with Crippen LogP contribution in [0.5, 0.6) is 5.75 Å². The third-order valence-electron chi connectivity index (χ3n) is 7.43. The number of alkyl halides is 3. The van der Waals surface area contributed by atoms with Crippen molar-refractivity contribution < 1.29 is 41.5 Å². The van der Waals surface area contributed by atoms with Crippen LogP contribution in [0, 0.1) is 18.7 Å². The summed E-state index contributed by atoms with van der Waals surface area (Å²) in [5, 5.41) is 2.64. The molecule has 0 radical (unpaired) electrons. The van der Waals surface area contributed by atoms with Crippen molar-refractivity contribution in [2.45, 2.75) is 51.6 Å². The number of benzene rings is 2. The van der Waals surface area contributed by atoms with E-state index in [2.05, 4.69) is 10.1 Å². The van der Waals surface area contributed by atoms with Gasteiger partial charge in [-0.05, 0) is 62.1 Å². The number of aryl methyl sites for hydroxylation is 1. The number of likely N-dealkylation sites (tertiary alicyclic amines) is 1. The van der Waals surface area contributed by atoms with E-state index < -0.39 is 53.3 Å². The largest absolute Gasteiger partial charge is 0.573 e. The summed E-state index contributed by atoms with van der Waals surface area (Å²) in [6.45, 7) is 5.32. The van der Waals surface area contributed by atoms with Gasteiger partial charge in [0.25, 0.3) is 11.8 Å². The number of imide groups is 1. The number of hydrogen-bond acceptors (Lipinski definition) is 5. The Bertz CT molecular complexity index is 1350. The Balaban J connectivity index is 1.52. The SMILES string of the molecule is Cc1ccc(F)c(C(=O)N[C@@H](C(=O)N2CCC3(CC2)C(=O)N(C)C(=O)N3c2ccc(OC(F)(F)F)cc2)C(C)C)c1. The molecule has 2 aliphatic rings. The van der Waals surface area contributed by atoms with Crippen molar-refractivity contribution in [2.75, 3.05) is 25.0 Å². The molecule has 0 unspecified atom stereocenters. The predicted molar refractivity (Wildman–Crippen MR) is 140 cm³/mol. The Morgan fingerprint density at radius 1 is 1.02 bits per heavy atom. The summed E-state index contributed by atoms with van der Waals surface area (Å²) in [4.78, 5) is 56.4. The first-order valence-corrected chi connectivity index (χ1v) is 13.0. The number of rotatable bonds is 6. The molecular formula is C28H30F4N4O5. The first kappa shape index (κ1) is 29.8. The lowest BCUT2D eigenvalue weighted by atomic mass is 9.85. The number of urea groups is 1. The van der Waals surface area contributed by atoms with Gasteiger partial charge in [0.05, 0.1) is 5.56 Å². The molecular weight excluding hydrogens is 548 g/mol. The van der Waals surface area contributed by atoms with Crippen LogP contribution in [0.25, 0.3) is 0 Å². The van der Waals surface area contributed by atoms with Gasteiger partial charge < -0.3 is 15.0 Å². The number of nitrogens with one attached hydrogen (secondary N) is 1. The molecule has 1 N–H and O–H groups in total. The zero-order valence-corrected chi connectivity index (χ0v) is 22.9. The summed E-state index contributed by atoms with van der Waals surface area (Å²) in [6.07, 6.45) is -4.78. The van der Waals surface area contributed by atoms with Gasteiger partial charge in [0, 0.05) is 25.8 Å². The number of carbonyl (C=O) groups excluding carboxylic acids is 4. The minimum atomic E-state index is -4.89. The molecule has 0 aliphatic carbocycles. The number of hydrogen-bond donors (Lipinski definition) is 1. The van der Waals surface area contributed by atoms with E-state index in [1.165, 1.54) is 47.2 Å². The van der Waals surface area contributed by atoms with Crippen LogP contribution in [0.15, 0.2) is 42.5 Å². The average molecular weight is 579 g/mol. The van der Waals surface area contributed by atoms with Gasteiger partial charge in [-0.2, -0.15) is 0 Å². The lowest BCUT2D eigenvalue weighted by molar-refractivity contribution is -0.274. The molecule has 1 spiro atoms. The van der Waals surface area contributed by atoms with Crippen molar-refractivity contribution >= 4 is 29.4 Å². The van der Waals surface area contributed by atoms with E-state index in [0.29, 0.717) is 5.56 Å². The Morgan fingerprint density at radius 2 is 1.63 bits per heavy atom. The molecule has 2 heterocycles. The summed E-state index contributed by atoms with van der Waals surface area (Å²) >= 11 is 0. The smallest absolute Gasteiger partial charge is 0.406 e. The fraction of sp³-hybridized carbons (Fsp3) is 0.429. The highest BCUT2D eigenvalue weighted by molar-refractivity contribution is 6.16. The van der Waals surface area contributed by atoms with Crippen molar-refractivity contribution in [3.8, 4) is 5.75 Å². The summed E-state index contributed by atoms with van der Waals surface area (Å²) in [6, 6.07) is 7.12. The third kappa shape index (κ3) is 5.84. The molecule has 0 saturated carbocycles. The molecule has 41 heavy (non-hydrogen) atoms. The van der Waals surface area contributed by atoms with Gasteiger partial charge >= 0.3 is 12.4 Å². The molecule has 4 rings (SSSR count). The molecule has 13 heteroatoms. The van der Waals surface area contributed by atoms with Crippen LogP contribution in [0.1, 0.15) is 42.6 Å². The summed E-state index contributed by atoms with van der Waals surface area (Å²) in [7, 11) is 1.32. The van der Waals surface area contributed by atoms with Crippen LogP contribution in [-0.2, 0) is 9.59 Å². The number of ether oxygens (including phenoxy) is 1. The number of nitrogens with zero attached hydrogens (tertiary/aromatic N) is 3. The van der Waals surface area contributed by atoms with Gasteiger partial charge in [-0.3, -0.25) is 24.2 Å². The molecule has 9 nitrogen and oxygen atoms in total.